The third-order valence-corrected chi connectivity index (χ3v) is 2.72. The summed E-state index contributed by atoms with van der Waals surface area (Å²) in [5.41, 5.74) is 5.64. The van der Waals surface area contributed by atoms with Gasteiger partial charge in [0.25, 0.3) is 0 Å². The van der Waals surface area contributed by atoms with Gasteiger partial charge in [-0.3, -0.25) is 4.79 Å². The van der Waals surface area contributed by atoms with Crippen molar-refractivity contribution >= 4 is 23.5 Å². The van der Waals surface area contributed by atoms with Gasteiger partial charge >= 0.3 is 0 Å². The molecule has 0 aliphatic carbocycles. The lowest BCUT2D eigenvalue weighted by Crippen LogP contribution is -2.42. The van der Waals surface area contributed by atoms with Gasteiger partial charge in [-0.25, -0.2) is 0 Å². The third-order valence-electron chi connectivity index (χ3n) is 2.72. The number of carbonyl (C=O) groups excluding carboxylic acids is 1. The van der Waals surface area contributed by atoms with E-state index in [1.165, 1.54) is 0 Å². The highest BCUT2D eigenvalue weighted by Gasteiger charge is 2.18. The van der Waals surface area contributed by atoms with Gasteiger partial charge < -0.3 is 21.7 Å². The number of piperidine rings is 1. The van der Waals surface area contributed by atoms with Gasteiger partial charge in [0.05, 0.1) is 0 Å². The SMILES string of the molecule is CCNc1cc(NC2CCC(=O)NC2)nc(N)n1. The highest BCUT2D eigenvalue weighted by Crippen LogP contribution is 2.15. The molecule has 1 saturated heterocycles. The van der Waals surface area contributed by atoms with Gasteiger partial charge in [-0.2, -0.15) is 9.97 Å². The van der Waals surface area contributed by atoms with Crippen LogP contribution in [-0.4, -0.2) is 35.0 Å². The van der Waals surface area contributed by atoms with Crippen LogP contribution in [-0.2, 0) is 4.79 Å². The average Bonchev–Trinajstić information content (AvgIpc) is 2.32. The lowest BCUT2D eigenvalue weighted by Gasteiger charge is -2.24. The fourth-order valence-electron chi connectivity index (χ4n) is 1.88. The van der Waals surface area contributed by atoms with E-state index in [0.29, 0.717) is 24.6 Å². The molecule has 2 rings (SSSR count). The number of nitrogens with one attached hydrogen (secondary N) is 3. The Morgan fingerprint density at radius 1 is 1.50 bits per heavy atom. The van der Waals surface area contributed by atoms with Crippen LogP contribution in [0.4, 0.5) is 17.6 Å². The van der Waals surface area contributed by atoms with Crippen molar-refractivity contribution in [1.82, 2.24) is 15.3 Å². The molecule has 1 aliphatic heterocycles. The molecular weight excluding hydrogens is 232 g/mol. The number of amides is 1. The summed E-state index contributed by atoms with van der Waals surface area (Å²) in [7, 11) is 0. The highest BCUT2D eigenvalue weighted by molar-refractivity contribution is 5.77. The fourth-order valence-corrected chi connectivity index (χ4v) is 1.88. The number of carbonyl (C=O) groups is 1. The number of nitrogens with zero attached hydrogens (tertiary/aromatic N) is 2. The van der Waals surface area contributed by atoms with Crippen molar-refractivity contribution < 1.29 is 4.79 Å². The van der Waals surface area contributed by atoms with Crippen LogP contribution in [0.15, 0.2) is 6.07 Å². The first-order valence-electron chi connectivity index (χ1n) is 6.09. The van der Waals surface area contributed by atoms with Gasteiger partial charge in [-0.15, -0.1) is 0 Å². The van der Waals surface area contributed by atoms with E-state index >= 15 is 0 Å². The molecule has 1 aromatic heterocycles. The van der Waals surface area contributed by atoms with Crippen LogP contribution in [0, 0.1) is 0 Å². The Labute approximate surface area is 106 Å². The van der Waals surface area contributed by atoms with E-state index in [0.717, 1.165) is 13.0 Å². The first-order valence-corrected chi connectivity index (χ1v) is 6.09. The van der Waals surface area contributed by atoms with Crippen molar-refractivity contribution in [2.75, 3.05) is 29.5 Å². The molecule has 1 atom stereocenters. The Morgan fingerprint density at radius 3 is 2.94 bits per heavy atom. The summed E-state index contributed by atoms with van der Waals surface area (Å²) < 4.78 is 0. The summed E-state index contributed by atoms with van der Waals surface area (Å²) in [4.78, 5) is 19.3. The van der Waals surface area contributed by atoms with E-state index in [1.54, 1.807) is 0 Å². The molecule has 0 bridgehead atoms. The zero-order chi connectivity index (χ0) is 13.0. The Hall–Kier alpha value is -2.05. The van der Waals surface area contributed by atoms with Gasteiger partial charge in [0, 0.05) is 31.6 Å². The Kier molecular flexibility index (Phi) is 3.81. The maximum atomic E-state index is 11.1. The second-order valence-corrected chi connectivity index (χ2v) is 4.21. The minimum atomic E-state index is 0.101. The maximum absolute atomic E-state index is 11.1. The van der Waals surface area contributed by atoms with Crippen LogP contribution in [0.2, 0.25) is 0 Å². The molecule has 5 N–H and O–H groups in total. The van der Waals surface area contributed by atoms with Crippen LogP contribution in [0.5, 0.6) is 0 Å². The molecule has 98 valence electrons. The van der Waals surface area contributed by atoms with Crippen molar-refractivity contribution in [1.29, 1.82) is 0 Å². The van der Waals surface area contributed by atoms with Crippen molar-refractivity contribution in [3.8, 4) is 0 Å². The van der Waals surface area contributed by atoms with Crippen LogP contribution in [0.1, 0.15) is 19.8 Å². The number of aromatic nitrogens is 2. The molecular formula is C11H18N6O. The number of nitrogen functional groups attached to an aromatic ring is 1. The first kappa shape index (κ1) is 12.4. The normalized spacial score (nSPS) is 19.2. The number of anilines is 3. The topological polar surface area (TPSA) is 105 Å². The molecule has 0 aromatic carbocycles. The van der Waals surface area contributed by atoms with Crippen molar-refractivity contribution in [2.45, 2.75) is 25.8 Å². The molecule has 1 aromatic rings. The van der Waals surface area contributed by atoms with E-state index in [9.17, 15) is 4.79 Å². The van der Waals surface area contributed by atoms with E-state index < -0.39 is 0 Å². The van der Waals surface area contributed by atoms with E-state index in [1.807, 2.05) is 13.0 Å². The molecule has 0 saturated carbocycles. The van der Waals surface area contributed by atoms with Crippen LogP contribution in [0.3, 0.4) is 0 Å². The predicted molar refractivity (Wildman–Crippen MR) is 70.3 cm³/mol. The summed E-state index contributed by atoms with van der Waals surface area (Å²) in [6.07, 6.45) is 1.34. The first-order chi connectivity index (χ1) is 8.67. The monoisotopic (exact) mass is 250 g/mol. The zero-order valence-electron chi connectivity index (χ0n) is 10.4. The third kappa shape index (κ3) is 3.22. The van der Waals surface area contributed by atoms with Crippen LogP contribution < -0.4 is 21.7 Å². The Bertz CT molecular complexity index is 426. The van der Waals surface area contributed by atoms with Crippen LogP contribution >= 0.6 is 0 Å². The molecule has 18 heavy (non-hydrogen) atoms. The second-order valence-electron chi connectivity index (χ2n) is 4.21. The van der Waals surface area contributed by atoms with Crippen LogP contribution in [0.25, 0.3) is 0 Å². The van der Waals surface area contributed by atoms with E-state index in [4.69, 9.17) is 5.73 Å². The van der Waals surface area contributed by atoms with Gasteiger partial charge in [0.15, 0.2) is 0 Å². The number of rotatable bonds is 4. The molecule has 7 heteroatoms. The standard InChI is InChI=1S/C11H18N6O/c1-2-13-8-5-9(17-11(12)16-8)15-7-3-4-10(18)14-6-7/h5,7H,2-4,6H2,1H3,(H,14,18)(H4,12,13,15,16,17). The summed E-state index contributed by atoms with van der Waals surface area (Å²) in [5, 5.41) is 9.16. The summed E-state index contributed by atoms with van der Waals surface area (Å²) in [6, 6.07) is 2.00. The molecule has 2 heterocycles. The molecule has 0 radical (unpaired) electrons. The Balaban J connectivity index is 2.02. The predicted octanol–water partition coefficient (Wildman–Crippen LogP) is 0.181. The lowest BCUT2D eigenvalue weighted by atomic mass is 10.1. The minimum absolute atomic E-state index is 0.101. The van der Waals surface area contributed by atoms with Gasteiger partial charge in [-0.05, 0) is 13.3 Å². The molecule has 7 nitrogen and oxygen atoms in total. The van der Waals surface area contributed by atoms with Gasteiger partial charge in [0.1, 0.15) is 11.6 Å². The number of hydrogen-bond acceptors (Lipinski definition) is 6. The smallest absolute Gasteiger partial charge is 0.223 e. The van der Waals surface area contributed by atoms with Crippen molar-refractivity contribution in [3.63, 3.8) is 0 Å². The zero-order valence-corrected chi connectivity index (χ0v) is 10.4. The van der Waals surface area contributed by atoms with E-state index in [2.05, 4.69) is 25.9 Å². The Morgan fingerprint density at radius 2 is 2.28 bits per heavy atom. The largest absolute Gasteiger partial charge is 0.370 e. The van der Waals surface area contributed by atoms with Gasteiger partial charge in [-0.1, -0.05) is 0 Å². The quantitative estimate of drug-likeness (QED) is 0.607. The lowest BCUT2D eigenvalue weighted by molar-refractivity contribution is -0.122. The number of hydrogen-bond donors (Lipinski definition) is 4. The highest BCUT2D eigenvalue weighted by atomic mass is 16.1. The minimum Gasteiger partial charge on any atom is -0.370 e. The molecule has 0 spiro atoms. The molecule has 1 fully saturated rings. The molecule has 1 unspecified atom stereocenters. The summed E-state index contributed by atoms with van der Waals surface area (Å²) in [6.45, 7) is 3.37. The van der Waals surface area contributed by atoms with Crippen molar-refractivity contribution in [2.24, 2.45) is 0 Å². The maximum Gasteiger partial charge on any atom is 0.223 e. The van der Waals surface area contributed by atoms with Crippen molar-refractivity contribution in [3.05, 3.63) is 6.07 Å². The van der Waals surface area contributed by atoms with Gasteiger partial charge in [0.2, 0.25) is 11.9 Å². The fraction of sp³-hybridized carbons (Fsp3) is 0.545. The summed E-state index contributed by atoms with van der Waals surface area (Å²) >= 11 is 0. The van der Waals surface area contributed by atoms with E-state index in [-0.39, 0.29) is 17.9 Å². The second kappa shape index (κ2) is 5.52. The number of nitrogens with two attached hydrogens (primary N) is 1. The molecule has 1 amide bonds. The molecule has 1 aliphatic rings. The average molecular weight is 250 g/mol. The summed E-state index contributed by atoms with van der Waals surface area (Å²) in [5.74, 6) is 1.71.